The number of hydrogen-bond acceptors (Lipinski definition) is 3. The maximum absolute atomic E-state index is 10.1. The van der Waals surface area contributed by atoms with Crippen molar-refractivity contribution in [2.45, 2.75) is 31.3 Å². The lowest BCUT2D eigenvalue weighted by Crippen LogP contribution is -2.50. The maximum atomic E-state index is 10.1. The summed E-state index contributed by atoms with van der Waals surface area (Å²) < 4.78 is 11.3. The molecule has 3 atom stereocenters. The van der Waals surface area contributed by atoms with Crippen LogP contribution in [0.5, 0.6) is 0 Å². The van der Waals surface area contributed by atoms with Gasteiger partial charge in [-0.15, -0.1) is 6.58 Å². The summed E-state index contributed by atoms with van der Waals surface area (Å²) in [5, 5.41) is 10.1. The quantitative estimate of drug-likeness (QED) is 0.816. The molecule has 3 nitrogen and oxygen atoms in total. The molecule has 0 radical (unpaired) electrons. The first-order chi connectivity index (χ1) is 8.13. The van der Waals surface area contributed by atoms with Gasteiger partial charge in [-0.05, 0) is 13.3 Å². The van der Waals surface area contributed by atoms with Crippen LogP contribution < -0.4 is 0 Å². The SMILES string of the molecule is C=CC[C@@H]1O[C@H](c2ccccc2)OC[C@@]1(C)O. The predicted molar refractivity (Wildman–Crippen MR) is 65.4 cm³/mol. The van der Waals surface area contributed by atoms with Crippen molar-refractivity contribution in [3.8, 4) is 0 Å². The van der Waals surface area contributed by atoms with Crippen molar-refractivity contribution in [1.29, 1.82) is 0 Å². The summed E-state index contributed by atoms with van der Waals surface area (Å²) in [5.41, 5.74) is 0.0106. The van der Waals surface area contributed by atoms with Crippen LogP contribution in [0, 0.1) is 0 Å². The van der Waals surface area contributed by atoms with Gasteiger partial charge in [0.05, 0.1) is 12.7 Å². The lowest BCUT2D eigenvalue weighted by molar-refractivity contribution is -0.287. The highest BCUT2D eigenvalue weighted by atomic mass is 16.7. The molecule has 0 amide bonds. The Balaban J connectivity index is 2.11. The Morgan fingerprint density at radius 3 is 2.82 bits per heavy atom. The molecule has 1 aromatic carbocycles. The average Bonchev–Trinajstić information content (AvgIpc) is 2.33. The minimum atomic E-state index is -0.959. The van der Waals surface area contributed by atoms with Crippen LogP contribution in [0.4, 0.5) is 0 Å². The van der Waals surface area contributed by atoms with Crippen molar-refractivity contribution in [1.82, 2.24) is 0 Å². The highest BCUT2D eigenvalue weighted by molar-refractivity contribution is 5.16. The van der Waals surface area contributed by atoms with Crippen LogP contribution in [-0.2, 0) is 9.47 Å². The highest BCUT2D eigenvalue weighted by Gasteiger charge is 2.39. The molecular weight excluding hydrogens is 216 g/mol. The minimum Gasteiger partial charge on any atom is -0.385 e. The fourth-order valence-corrected chi connectivity index (χ4v) is 1.92. The Kier molecular flexibility index (Phi) is 3.62. The van der Waals surface area contributed by atoms with Gasteiger partial charge in [0.25, 0.3) is 0 Å². The number of hydrogen-bond donors (Lipinski definition) is 1. The van der Waals surface area contributed by atoms with Gasteiger partial charge in [0.1, 0.15) is 5.60 Å². The van der Waals surface area contributed by atoms with Crippen molar-refractivity contribution < 1.29 is 14.6 Å². The molecule has 92 valence electrons. The largest absolute Gasteiger partial charge is 0.385 e. The normalized spacial score (nSPS) is 33.3. The molecule has 1 aromatic rings. The third kappa shape index (κ3) is 2.75. The zero-order valence-corrected chi connectivity index (χ0v) is 10.0. The van der Waals surface area contributed by atoms with E-state index in [2.05, 4.69) is 6.58 Å². The van der Waals surface area contributed by atoms with Gasteiger partial charge in [-0.1, -0.05) is 36.4 Å². The molecule has 1 saturated heterocycles. The molecule has 1 heterocycles. The molecule has 0 aliphatic carbocycles. The zero-order chi connectivity index (χ0) is 12.3. The molecule has 0 aromatic heterocycles. The molecule has 0 bridgehead atoms. The second kappa shape index (κ2) is 5.00. The summed E-state index contributed by atoms with van der Waals surface area (Å²) in [4.78, 5) is 0. The number of aliphatic hydroxyl groups is 1. The van der Waals surface area contributed by atoms with Crippen molar-refractivity contribution in [2.75, 3.05) is 6.61 Å². The monoisotopic (exact) mass is 234 g/mol. The van der Waals surface area contributed by atoms with Crippen LogP contribution in [0.2, 0.25) is 0 Å². The zero-order valence-electron chi connectivity index (χ0n) is 10.0. The summed E-state index contributed by atoms with van der Waals surface area (Å²) in [5.74, 6) is 0. The lowest BCUT2D eigenvalue weighted by Gasteiger charge is -2.40. The van der Waals surface area contributed by atoms with Crippen LogP contribution >= 0.6 is 0 Å². The van der Waals surface area contributed by atoms with Gasteiger partial charge in [0.15, 0.2) is 6.29 Å². The van der Waals surface area contributed by atoms with E-state index in [0.717, 1.165) is 5.56 Å². The molecule has 17 heavy (non-hydrogen) atoms. The van der Waals surface area contributed by atoms with Gasteiger partial charge in [0, 0.05) is 5.56 Å². The van der Waals surface area contributed by atoms with Crippen LogP contribution in [0.3, 0.4) is 0 Å². The first-order valence-corrected chi connectivity index (χ1v) is 5.79. The summed E-state index contributed by atoms with van der Waals surface area (Å²) in [6, 6.07) is 9.74. The molecule has 1 fully saturated rings. The Morgan fingerprint density at radius 1 is 1.47 bits per heavy atom. The van der Waals surface area contributed by atoms with Gasteiger partial charge < -0.3 is 14.6 Å². The van der Waals surface area contributed by atoms with E-state index >= 15 is 0 Å². The van der Waals surface area contributed by atoms with E-state index < -0.39 is 11.9 Å². The molecular formula is C14H18O3. The Morgan fingerprint density at radius 2 is 2.18 bits per heavy atom. The third-order valence-corrected chi connectivity index (χ3v) is 2.96. The molecule has 2 rings (SSSR count). The Bertz CT molecular complexity index is 372. The molecule has 0 spiro atoms. The van der Waals surface area contributed by atoms with Gasteiger partial charge in [-0.25, -0.2) is 0 Å². The molecule has 1 aliphatic rings. The summed E-state index contributed by atoms with van der Waals surface area (Å²) in [7, 11) is 0. The molecule has 1 aliphatic heterocycles. The van der Waals surface area contributed by atoms with Crippen molar-refractivity contribution >= 4 is 0 Å². The molecule has 1 N–H and O–H groups in total. The number of benzene rings is 1. The van der Waals surface area contributed by atoms with Gasteiger partial charge in [0.2, 0.25) is 0 Å². The van der Waals surface area contributed by atoms with E-state index in [9.17, 15) is 5.11 Å². The summed E-state index contributed by atoms with van der Waals surface area (Å²) in [6.45, 7) is 5.68. The average molecular weight is 234 g/mol. The van der Waals surface area contributed by atoms with Crippen LogP contribution in [0.15, 0.2) is 43.0 Å². The third-order valence-electron chi connectivity index (χ3n) is 2.96. The van der Waals surface area contributed by atoms with E-state index in [0.29, 0.717) is 6.42 Å². The molecule has 0 saturated carbocycles. The molecule has 3 heteroatoms. The summed E-state index contributed by atoms with van der Waals surface area (Å²) >= 11 is 0. The van der Waals surface area contributed by atoms with E-state index in [-0.39, 0.29) is 12.7 Å². The van der Waals surface area contributed by atoms with Crippen molar-refractivity contribution in [2.24, 2.45) is 0 Å². The van der Waals surface area contributed by atoms with Crippen molar-refractivity contribution in [3.05, 3.63) is 48.6 Å². The number of ether oxygens (including phenoxy) is 2. The molecule has 0 unspecified atom stereocenters. The fourth-order valence-electron chi connectivity index (χ4n) is 1.92. The van der Waals surface area contributed by atoms with E-state index in [4.69, 9.17) is 9.47 Å². The fraction of sp³-hybridized carbons (Fsp3) is 0.429. The first kappa shape index (κ1) is 12.3. The second-order valence-electron chi connectivity index (χ2n) is 4.56. The lowest BCUT2D eigenvalue weighted by atomic mass is 9.96. The number of rotatable bonds is 3. The maximum Gasteiger partial charge on any atom is 0.184 e. The summed E-state index contributed by atoms with van der Waals surface area (Å²) in [6.07, 6.45) is 1.69. The predicted octanol–water partition coefficient (Wildman–Crippen LogP) is 2.43. The second-order valence-corrected chi connectivity index (χ2v) is 4.56. The van der Waals surface area contributed by atoms with E-state index in [1.807, 2.05) is 30.3 Å². The van der Waals surface area contributed by atoms with Gasteiger partial charge in [-0.2, -0.15) is 0 Å². The standard InChI is InChI=1S/C14H18O3/c1-3-7-12-14(2,15)10-16-13(17-12)11-8-5-4-6-9-11/h3-6,8-9,12-13,15H,1,7,10H2,2H3/t12-,13+,14+/m0/s1. The minimum absolute atomic E-state index is 0.269. The van der Waals surface area contributed by atoms with Crippen LogP contribution in [-0.4, -0.2) is 23.4 Å². The van der Waals surface area contributed by atoms with Gasteiger partial charge >= 0.3 is 0 Å². The topological polar surface area (TPSA) is 38.7 Å². The van der Waals surface area contributed by atoms with Gasteiger partial charge in [-0.3, -0.25) is 0 Å². The van der Waals surface area contributed by atoms with E-state index in [1.54, 1.807) is 13.0 Å². The Hall–Kier alpha value is -1.16. The highest BCUT2D eigenvalue weighted by Crippen LogP contribution is 2.32. The Labute approximate surface area is 102 Å². The van der Waals surface area contributed by atoms with Crippen LogP contribution in [0.1, 0.15) is 25.2 Å². The van der Waals surface area contributed by atoms with E-state index in [1.165, 1.54) is 0 Å². The first-order valence-electron chi connectivity index (χ1n) is 5.79. The van der Waals surface area contributed by atoms with Crippen molar-refractivity contribution in [3.63, 3.8) is 0 Å². The van der Waals surface area contributed by atoms with Crippen LogP contribution in [0.25, 0.3) is 0 Å². The smallest absolute Gasteiger partial charge is 0.184 e.